The number of anilines is 2. The summed E-state index contributed by atoms with van der Waals surface area (Å²) in [5.74, 6) is -0.548. The van der Waals surface area contributed by atoms with Crippen LogP contribution in [0.15, 0.2) is 59.9 Å². The lowest BCUT2D eigenvalue weighted by molar-refractivity contribution is -0.123. The van der Waals surface area contributed by atoms with Crippen LogP contribution in [0.25, 0.3) is 11.1 Å². The minimum atomic E-state index is -1.48. The first-order valence-corrected chi connectivity index (χ1v) is 19.6. The Morgan fingerprint density at radius 1 is 0.673 bits per heavy atom. The number of piperidine rings is 2. The number of amides is 2. The molecule has 6 N–H and O–H groups in total. The van der Waals surface area contributed by atoms with E-state index in [9.17, 15) is 9.59 Å². The predicted molar refractivity (Wildman–Crippen MR) is 208 cm³/mol. The minimum Gasteiger partial charge on any atom is -0.423 e. The van der Waals surface area contributed by atoms with E-state index in [1.165, 1.54) is 35.9 Å². The maximum atomic E-state index is 11.4. The number of rotatable bonds is 8. The van der Waals surface area contributed by atoms with Gasteiger partial charge in [0.1, 0.15) is 0 Å². The highest BCUT2D eigenvalue weighted by Gasteiger charge is 2.27. The summed E-state index contributed by atoms with van der Waals surface area (Å²) in [6, 6.07) is 0. The summed E-state index contributed by atoms with van der Waals surface area (Å²) in [6.07, 6.45) is 19.6. The molecule has 2 saturated heterocycles. The highest BCUT2D eigenvalue weighted by atomic mass is 35.5. The smallest absolute Gasteiger partial charge is 0.423 e. The fourth-order valence-corrected chi connectivity index (χ4v) is 7.08. The molecule has 52 heavy (non-hydrogen) atoms. The molecule has 0 saturated carbocycles. The van der Waals surface area contributed by atoms with Gasteiger partial charge in [0.2, 0.25) is 11.8 Å². The molecule has 0 atom stereocenters. The first-order chi connectivity index (χ1) is 24.9. The fourth-order valence-electron chi connectivity index (χ4n) is 5.57. The second kappa shape index (κ2) is 20.1. The normalized spacial score (nSPS) is 14.8. The predicted octanol–water partition coefficient (Wildman–Crippen LogP) is 3.58. The van der Waals surface area contributed by atoms with Crippen molar-refractivity contribution < 1.29 is 19.6 Å². The summed E-state index contributed by atoms with van der Waals surface area (Å²) >= 11 is 21.5. The van der Waals surface area contributed by atoms with Crippen LogP contribution >= 0.6 is 58.3 Å². The van der Waals surface area contributed by atoms with E-state index in [0.717, 1.165) is 79.5 Å². The van der Waals surface area contributed by atoms with Crippen molar-refractivity contribution in [3.8, 4) is 11.1 Å². The van der Waals surface area contributed by atoms with Gasteiger partial charge in [-0.2, -0.15) is 0 Å². The van der Waals surface area contributed by atoms with Crippen LogP contribution in [-0.4, -0.2) is 97.6 Å². The number of carbonyl (C=O) groups is 2. The Hall–Kier alpha value is -3.45. The van der Waals surface area contributed by atoms with E-state index in [4.69, 9.17) is 56.3 Å². The van der Waals surface area contributed by atoms with Crippen LogP contribution in [0.3, 0.4) is 0 Å². The number of carbonyl (C=O) groups excluding carboxylic acids is 2. The lowest BCUT2D eigenvalue weighted by atomic mass is 9.83. The van der Waals surface area contributed by atoms with Gasteiger partial charge in [-0.25, -0.2) is 19.9 Å². The number of nitrogens with two attached hydrogens (primary N) is 2. The molecule has 0 radical (unpaired) electrons. The number of halogens is 3. The number of hydrogen-bond donors (Lipinski definition) is 4. The average Bonchev–Trinajstić information content (AvgIpc) is 3.15. The average molecular weight is 808 g/mol. The second-order valence-corrected chi connectivity index (χ2v) is 14.4. The molecule has 4 aromatic rings. The van der Waals surface area contributed by atoms with Crippen LogP contribution in [0.5, 0.6) is 0 Å². The van der Waals surface area contributed by atoms with Gasteiger partial charge in [-0.3, -0.25) is 19.6 Å². The maximum absolute atomic E-state index is 11.4. The van der Waals surface area contributed by atoms with Gasteiger partial charge in [0.25, 0.3) is 0 Å². The number of primary amides is 2. The molecule has 276 valence electrons. The van der Waals surface area contributed by atoms with E-state index in [1.54, 1.807) is 37.2 Å². The first-order valence-electron chi connectivity index (χ1n) is 16.0. The van der Waals surface area contributed by atoms with E-state index in [0.29, 0.717) is 25.7 Å². The Morgan fingerprint density at radius 3 is 1.46 bits per heavy atom. The summed E-state index contributed by atoms with van der Waals surface area (Å²) in [5.41, 5.74) is 14.5. The van der Waals surface area contributed by atoms with Gasteiger partial charge in [0, 0.05) is 104 Å². The van der Waals surface area contributed by atoms with Crippen molar-refractivity contribution in [2.24, 2.45) is 23.3 Å². The molecule has 2 amide bonds. The van der Waals surface area contributed by atoms with Gasteiger partial charge in [0.15, 0.2) is 10.3 Å². The third-order valence-corrected chi connectivity index (χ3v) is 10.4. The topological polar surface area (TPSA) is 210 Å². The van der Waals surface area contributed by atoms with Crippen molar-refractivity contribution in [3.05, 3.63) is 64.6 Å². The molecular weight excluding hydrogens is 770 g/mol. The van der Waals surface area contributed by atoms with Gasteiger partial charge in [-0.05, 0) is 38.2 Å². The molecule has 6 rings (SSSR count). The van der Waals surface area contributed by atoms with Crippen LogP contribution in [0.4, 0.5) is 11.4 Å². The number of aromatic nitrogens is 6. The lowest BCUT2D eigenvalue weighted by Crippen LogP contribution is -2.38. The first kappa shape index (κ1) is 41.3. The van der Waals surface area contributed by atoms with Gasteiger partial charge >= 0.3 is 7.12 Å². The van der Waals surface area contributed by atoms with E-state index in [-0.39, 0.29) is 23.7 Å². The largest absolute Gasteiger partial charge is 0.491 e. The molecule has 0 aromatic carbocycles. The SMILES string of the molecule is CSc1ncc(-c2cncc(Cl)c2N2CCC(C(N)=O)CC2)cn1.CSc1ncc(B(O)O)cn1.NC(=O)C1CCN(c2c(Cl)cncc2Cl)CC1. The van der Waals surface area contributed by atoms with Crippen molar-refractivity contribution in [2.75, 3.05) is 48.5 Å². The van der Waals surface area contributed by atoms with Gasteiger partial charge < -0.3 is 31.3 Å². The van der Waals surface area contributed by atoms with Crippen molar-refractivity contribution in [2.45, 2.75) is 36.0 Å². The Morgan fingerprint density at radius 2 is 1.06 bits per heavy atom. The summed E-state index contributed by atoms with van der Waals surface area (Å²) in [7, 11) is -1.48. The molecule has 0 unspecified atom stereocenters. The fraction of sp³-hybridized carbons (Fsp3) is 0.375. The van der Waals surface area contributed by atoms with Gasteiger partial charge in [-0.15, -0.1) is 0 Å². The summed E-state index contributed by atoms with van der Waals surface area (Å²) in [5, 5.41) is 20.3. The molecule has 20 heteroatoms. The third kappa shape index (κ3) is 11.3. The molecule has 0 spiro atoms. The summed E-state index contributed by atoms with van der Waals surface area (Å²) in [4.78, 5) is 51.2. The molecule has 14 nitrogen and oxygen atoms in total. The maximum Gasteiger partial charge on any atom is 0.491 e. The number of pyridine rings is 2. The summed E-state index contributed by atoms with van der Waals surface area (Å²) in [6.45, 7) is 2.93. The van der Waals surface area contributed by atoms with Crippen LogP contribution in [0.1, 0.15) is 25.7 Å². The van der Waals surface area contributed by atoms with E-state index in [1.807, 2.05) is 12.5 Å². The van der Waals surface area contributed by atoms with Gasteiger partial charge in [0.05, 0.1) is 26.4 Å². The van der Waals surface area contributed by atoms with E-state index >= 15 is 0 Å². The molecule has 6 heterocycles. The standard InChI is InChI=1S/C16H18ClN5OS.C11H13Cl2N3O.C5H7BN2O2S/c1-24-16-20-6-11(7-21-16)12-8-19-9-13(17)14(12)22-4-2-10(3-5-22)15(18)23;12-8-5-15-6-9(13)10(8)16-3-1-7(2-4-16)11(14)17;1-11-5-7-2-4(3-8-5)6(9)10/h6-10H,2-5H2,1H3,(H2,18,23);5-7H,1-4H2,(H2,14,17);2-3,9-10H,1H3. The zero-order valence-electron chi connectivity index (χ0n) is 28.4. The van der Waals surface area contributed by atoms with Crippen molar-refractivity contribution >= 4 is 94.1 Å². The van der Waals surface area contributed by atoms with Crippen LogP contribution < -0.4 is 26.7 Å². The van der Waals surface area contributed by atoms with Crippen molar-refractivity contribution in [1.82, 2.24) is 29.9 Å². The van der Waals surface area contributed by atoms with Crippen LogP contribution in [0.2, 0.25) is 15.1 Å². The molecular formula is C32H38BCl3N10O4S2. The monoisotopic (exact) mass is 806 g/mol. The zero-order valence-corrected chi connectivity index (χ0v) is 32.3. The van der Waals surface area contributed by atoms with E-state index < -0.39 is 7.12 Å². The minimum absolute atomic E-state index is 0.0364. The molecule has 2 fully saturated rings. The van der Waals surface area contributed by atoms with Crippen molar-refractivity contribution in [1.29, 1.82) is 0 Å². The highest BCUT2D eigenvalue weighted by Crippen LogP contribution is 2.38. The second-order valence-electron chi connectivity index (χ2n) is 11.6. The molecule has 2 aliphatic rings. The number of thioether (sulfide) groups is 2. The highest BCUT2D eigenvalue weighted by molar-refractivity contribution is 7.98. The summed E-state index contributed by atoms with van der Waals surface area (Å²) < 4.78 is 0. The number of nitrogens with zero attached hydrogens (tertiary/aromatic N) is 8. The van der Waals surface area contributed by atoms with Crippen molar-refractivity contribution in [3.63, 3.8) is 0 Å². The Balaban J connectivity index is 0.000000188. The Labute approximate surface area is 325 Å². The van der Waals surface area contributed by atoms with E-state index in [2.05, 4.69) is 39.7 Å². The number of hydrogen-bond acceptors (Lipinski definition) is 14. The third-order valence-electron chi connectivity index (χ3n) is 8.38. The Kier molecular flexibility index (Phi) is 16.0. The molecule has 4 aromatic heterocycles. The molecule has 2 aliphatic heterocycles. The Bertz CT molecular complexity index is 1770. The van der Waals surface area contributed by atoms with Crippen LogP contribution in [0, 0.1) is 11.8 Å². The quantitative estimate of drug-likeness (QED) is 0.114. The zero-order chi connectivity index (χ0) is 37.8. The van der Waals surface area contributed by atoms with Gasteiger partial charge in [-0.1, -0.05) is 58.3 Å². The molecule has 0 bridgehead atoms. The lowest BCUT2D eigenvalue weighted by Gasteiger charge is -2.34. The van der Waals surface area contributed by atoms with Crippen LogP contribution in [-0.2, 0) is 9.59 Å². The molecule has 0 aliphatic carbocycles.